The lowest BCUT2D eigenvalue weighted by molar-refractivity contribution is -0.114. The minimum atomic E-state index is 0.167. The standard InChI is InChI=1S/C4H11N.C3H6O/c1-3-4-5-2;1-3(2)4/h5H,3-4H2,1-2H3;1-2H3. The van der Waals surface area contributed by atoms with Crippen LogP contribution in [0.3, 0.4) is 0 Å². The maximum Gasteiger partial charge on any atom is 0.126 e. The summed E-state index contributed by atoms with van der Waals surface area (Å²) in [6.07, 6.45) is 1.23. The van der Waals surface area contributed by atoms with Crippen molar-refractivity contribution < 1.29 is 4.79 Å². The van der Waals surface area contributed by atoms with Gasteiger partial charge in [-0.15, -0.1) is 0 Å². The summed E-state index contributed by atoms with van der Waals surface area (Å²) in [7, 11) is 1.96. The molecule has 0 aromatic rings. The van der Waals surface area contributed by atoms with Crippen LogP contribution in [0.5, 0.6) is 0 Å². The van der Waals surface area contributed by atoms with Gasteiger partial charge in [-0.05, 0) is 33.9 Å². The molecule has 0 saturated heterocycles. The van der Waals surface area contributed by atoms with Gasteiger partial charge in [-0.2, -0.15) is 0 Å². The molecule has 56 valence electrons. The third-order valence-corrected chi connectivity index (χ3v) is 0.500. The van der Waals surface area contributed by atoms with Gasteiger partial charge in [0.05, 0.1) is 0 Å². The van der Waals surface area contributed by atoms with Gasteiger partial charge in [0, 0.05) is 0 Å². The number of carbonyl (C=O) groups excluding carboxylic acids is 1. The summed E-state index contributed by atoms with van der Waals surface area (Å²) in [6.45, 7) is 6.34. The number of carbonyl (C=O) groups is 1. The molecule has 0 heterocycles. The van der Waals surface area contributed by atoms with Crippen LogP contribution in [0.1, 0.15) is 27.2 Å². The minimum Gasteiger partial charge on any atom is -0.320 e. The molecule has 1 N–H and O–H groups in total. The summed E-state index contributed by atoms with van der Waals surface area (Å²) in [4.78, 5) is 9.44. The number of rotatable bonds is 2. The van der Waals surface area contributed by atoms with E-state index >= 15 is 0 Å². The van der Waals surface area contributed by atoms with Crippen LogP contribution in [0.15, 0.2) is 0 Å². The predicted octanol–water partition coefficient (Wildman–Crippen LogP) is 1.21. The first-order chi connectivity index (χ1) is 4.15. The number of nitrogens with one attached hydrogen (secondary N) is 1. The smallest absolute Gasteiger partial charge is 0.126 e. The Morgan fingerprint density at radius 1 is 1.44 bits per heavy atom. The van der Waals surface area contributed by atoms with Crippen molar-refractivity contribution in [3.63, 3.8) is 0 Å². The molecule has 2 heteroatoms. The summed E-state index contributed by atoms with van der Waals surface area (Å²) < 4.78 is 0. The van der Waals surface area contributed by atoms with E-state index in [9.17, 15) is 4.79 Å². The predicted molar refractivity (Wildman–Crippen MR) is 40.6 cm³/mol. The zero-order valence-electron chi connectivity index (χ0n) is 6.82. The number of hydrogen-bond donors (Lipinski definition) is 1. The Balaban J connectivity index is 0. The van der Waals surface area contributed by atoms with Gasteiger partial charge in [0.1, 0.15) is 5.78 Å². The Labute approximate surface area is 57.6 Å². The first kappa shape index (κ1) is 11.4. The molecule has 0 aromatic carbocycles. The third kappa shape index (κ3) is 91.0. The average Bonchev–Trinajstić information content (AvgIpc) is 1.66. The topological polar surface area (TPSA) is 29.1 Å². The maximum atomic E-state index is 9.44. The molecule has 0 aliphatic heterocycles. The summed E-state index contributed by atoms with van der Waals surface area (Å²) in [5, 5.41) is 3.02. The van der Waals surface area contributed by atoms with Crippen molar-refractivity contribution in [1.29, 1.82) is 0 Å². The van der Waals surface area contributed by atoms with Crippen molar-refractivity contribution in [3.05, 3.63) is 0 Å². The van der Waals surface area contributed by atoms with E-state index in [4.69, 9.17) is 0 Å². The first-order valence-electron chi connectivity index (χ1n) is 3.26. The van der Waals surface area contributed by atoms with Crippen molar-refractivity contribution in [3.8, 4) is 0 Å². The zero-order valence-corrected chi connectivity index (χ0v) is 6.82. The van der Waals surface area contributed by atoms with Crippen LogP contribution in [0.4, 0.5) is 0 Å². The van der Waals surface area contributed by atoms with Crippen LogP contribution in [-0.2, 0) is 4.79 Å². The van der Waals surface area contributed by atoms with Crippen LogP contribution in [0.25, 0.3) is 0 Å². The summed E-state index contributed by atoms with van der Waals surface area (Å²) in [5.41, 5.74) is 0. The van der Waals surface area contributed by atoms with Crippen molar-refractivity contribution >= 4 is 5.78 Å². The van der Waals surface area contributed by atoms with Gasteiger partial charge < -0.3 is 10.1 Å². The van der Waals surface area contributed by atoms with Gasteiger partial charge >= 0.3 is 0 Å². The van der Waals surface area contributed by atoms with Crippen molar-refractivity contribution in [1.82, 2.24) is 5.32 Å². The monoisotopic (exact) mass is 131 g/mol. The van der Waals surface area contributed by atoms with E-state index < -0.39 is 0 Å². The summed E-state index contributed by atoms with van der Waals surface area (Å²) in [5.74, 6) is 0.167. The highest BCUT2D eigenvalue weighted by molar-refractivity contribution is 5.72. The van der Waals surface area contributed by atoms with Crippen LogP contribution in [0, 0.1) is 0 Å². The van der Waals surface area contributed by atoms with E-state index in [1.165, 1.54) is 20.3 Å². The molecule has 0 aliphatic carbocycles. The first-order valence-corrected chi connectivity index (χ1v) is 3.26. The molecule has 0 unspecified atom stereocenters. The molecule has 0 aliphatic rings. The molecule has 0 radical (unpaired) electrons. The number of ketones is 1. The molecule has 0 saturated carbocycles. The molecular weight excluding hydrogens is 114 g/mol. The van der Waals surface area contributed by atoms with Crippen molar-refractivity contribution in [2.45, 2.75) is 27.2 Å². The fourth-order valence-corrected chi connectivity index (χ4v) is 0.250. The highest BCUT2D eigenvalue weighted by Gasteiger charge is 1.64. The van der Waals surface area contributed by atoms with Gasteiger partial charge in [0.25, 0.3) is 0 Å². The molecule has 2 nitrogen and oxygen atoms in total. The molecule has 0 aromatic heterocycles. The van der Waals surface area contributed by atoms with Crippen molar-refractivity contribution in [2.75, 3.05) is 13.6 Å². The summed E-state index contributed by atoms with van der Waals surface area (Å²) in [6, 6.07) is 0. The Hall–Kier alpha value is -0.370. The van der Waals surface area contributed by atoms with Gasteiger partial charge in [-0.1, -0.05) is 6.92 Å². The van der Waals surface area contributed by atoms with E-state index in [2.05, 4.69) is 12.2 Å². The minimum absolute atomic E-state index is 0.167. The van der Waals surface area contributed by atoms with Crippen LogP contribution >= 0.6 is 0 Å². The molecule has 0 atom stereocenters. The molecule has 9 heavy (non-hydrogen) atoms. The molecule has 0 bridgehead atoms. The van der Waals surface area contributed by atoms with Gasteiger partial charge in [-0.25, -0.2) is 0 Å². The van der Waals surface area contributed by atoms with Crippen LogP contribution in [-0.4, -0.2) is 19.4 Å². The van der Waals surface area contributed by atoms with Crippen LogP contribution in [0.2, 0.25) is 0 Å². The largest absolute Gasteiger partial charge is 0.320 e. The second kappa shape index (κ2) is 10.6. The van der Waals surface area contributed by atoms with Gasteiger partial charge in [0.2, 0.25) is 0 Å². The zero-order chi connectivity index (χ0) is 7.70. The lowest BCUT2D eigenvalue weighted by Gasteiger charge is -1.84. The fourth-order valence-electron chi connectivity index (χ4n) is 0.250. The van der Waals surface area contributed by atoms with E-state index in [-0.39, 0.29) is 5.78 Å². The average molecular weight is 131 g/mol. The lowest BCUT2D eigenvalue weighted by Crippen LogP contribution is -2.04. The normalized spacial score (nSPS) is 7.56. The second-order valence-corrected chi connectivity index (χ2v) is 2.01. The molecule has 0 rings (SSSR count). The molecule has 0 amide bonds. The van der Waals surface area contributed by atoms with E-state index in [0.29, 0.717) is 0 Å². The molecule has 0 fully saturated rings. The highest BCUT2D eigenvalue weighted by atomic mass is 16.1. The third-order valence-electron chi connectivity index (χ3n) is 0.500. The van der Waals surface area contributed by atoms with Gasteiger partial charge in [-0.3, -0.25) is 0 Å². The maximum absolute atomic E-state index is 9.44. The SMILES string of the molecule is CC(C)=O.CCCNC. The van der Waals surface area contributed by atoms with E-state index in [1.807, 2.05) is 7.05 Å². The highest BCUT2D eigenvalue weighted by Crippen LogP contribution is 1.62. The Morgan fingerprint density at radius 2 is 1.78 bits per heavy atom. The molecule has 0 spiro atoms. The Bertz CT molecular complexity index is 55.9. The molecular formula is C7H17NO. The second-order valence-electron chi connectivity index (χ2n) is 2.01. The Morgan fingerprint density at radius 3 is 1.78 bits per heavy atom. The lowest BCUT2D eigenvalue weighted by atomic mass is 10.5. The quantitative estimate of drug-likeness (QED) is 0.610. The summed E-state index contributed by atoms with van der Waals surface area (Å²) >= 11 is 0. The Kier molecular flexibility index (Phi) is 13.4. The number of Topliss-reactive ketones (excluding diaryl/α,β-unsaturated/α-hetero) is 1. The fraction of sp³-hybridized carbons (Fsp3) is 0.857. The van der Waals surface area contributed by atoms with E-state index in [0.717, 1.165) is 6.54 Å². The van der Waals surface area contributed by atoms with Gasteiger partial charge in [0.15, 0.2) is 0 Å². The van der Waals surface area contributed by atoms with Crippen molar-refractivity contribution in [2.24, 2.45) is 0 Å². The van der Waals surface area contributed by atoms with E-state index in [1.54, 1.807) is 0 Å². The van der Waals surface area contributed by atoms with Crippen LogP contribution < -0.4 is 5.32 Å². The number of hydrogen-bond acceptors (Lipinski definition) is 2.